The van der Waals surface area contributed by atoms with Crippen LogP contribution in [0, 0.1) is 6.92 Å². The average Bonchev–Trinajstić information content (AvgIpc) is 2.65. The molecule has 1 saturated heterocycles. The van der Waals surface area contributed by atoms with Crippen molar-refractivity contribution in [2.45, 2.75) is 19.4 Å². The Labute approximate surface area is 120 Å². The van der Waals surface area contributed by atoms with E-state index in [2.05, 4.69) is 4.90 Å². The minimum Gasteiger partial charge on any atom is -0.491 e. The van der Waals surface area contributed by atoms with Gasteiger partial charge in [-0.1, -0.05) is 12.1 Å². The maximum Gasteiger partial charge on any atom is 0.119 e. The van der Waals surface area contributed by atoms with Gasteiger partial charge in [0.2, 0.25) is 0 Å². The van der Waals surface area contributed by atoms with E-state index in [0.717, 1.165) is 18.8 Å². The third kappa shape index (κ3) is 5.43. The van der Waals surface area contributed by atoms with Crippen LogP contribution in [0.1, 0.15) is 12.0 Å². The third-order valence-corrected chi connectivity index (χ3v) is 4.26. The summed E-state index contributed by atoms with van der Waals surface area (Å²) in [7, 11) is 0. The van der Waals surface area contributed by atoms with Crippen LogP contribution >= 0.6 is 11.8 Å². The van der Waals surface area contributed by atoms with Crippen molar-refractivity contribution in [1.82, 2.24) is 4.90 Å². The van der Waals surface area contributed by atoms with Crippen molar-refractivity contribution >= 4 is 11.8 Å². The second-order valence-corrected chi connectivity index (χ2v) is 6.27. The van der Waals surface area contributed by atoms with Gasteiger partial charge in [0.25, 0.3) is 0 Å². The van der Waals surface area contributed by atoms with Crippen molar-refractivity contribution in [2.75, 3.05) is 37.7 Å². The summed E-state index contributed by atoms with van der Waals surface area (Å²) in [5.41, 5.74) is 1.18. The van der Waals surface area contributed by atoms with Gasteiger partial charge in [0.15, 0.2) is 0 Å². The van der Waals surface area contributed by atoms with Crippen LogP contribution in [0.3, 0.4) is 0 Å². The van der Waals surface area contributed by atoms with E-state index in [1.54, 1.807) is 0 Å². The van der Waals surface area contributed by atoms with Crippen molar-refractivity contribution in [3.05, 3.63) is 29.8 Å². The van der Waals surface area contributed by atoms with E-state index < -0.39 is 6.10 Å². The van der Waals surface area contributed by atoms with Crippen molar-refractivity contribution in [1.29, 1.82) is 0 Å². The van der Waals surface area contributed by atoms with Crippen molar-refractivity contribution < 1.29 is 9.84 Å². The minimum atomic E-state index is -0.413. The highest BCUT2D eigenvalue weighted by molar-refractivity contribution is 7.99. The summed E-state index contributed by atoms with van der Waals surface area (Å²) in [4.78, 5) is 2.34. The van der Waals surface area contributed by atoms with Gasteiger partial charge in [0.1, 0.15) is 18.5 Å². The van der Waals surface area contributed by atoms with Crippen LogP contribution in [-0.2, 0) is 0 Å². The zero-order chi connectivity index (χ0) is 13.5. The molecule has 0 amide bonds. The van der Waals surface area contributed by atoms with Crippen LogP contribution < -0.4 is 4.74 Å². The van der Waals surface area contributed by atoms with Crippen LogP contribution in [0.25, 0.3) is 0 Å². The van der Waals surface area contributed by atoms with Gasteiger partial charge in [-0.2, -0.15) is 11.8 Å². The molecule has 3 nitrogen and oxygen atoms in total. The number of hydrogen-bond acceptors (Lipinski definition) is 4. The Balaban J connectivity index is 1.73. The molecule has 0 bridgehead atoms. The van der Waals surface area contributed by atoms with Crippen LogP contribution in [-0.4, -0.2) is 53.9 Å². The third-order valence-electron chi connectivity index (χ3n) is 3.22. The van der Waals surface area contributed by atoms with Gasteiger partial charge in [-0.15, -0.1) is 0 Å². The topological polar surface area (TPSA) is 32.7 Å². The maximum absolute atomic E-state index is 10.1. The Bertz CT molecular complexity index is 378. The molecule has 1 atom stereocenters. The largest absolute Gasteiger partial charge is 0.491 e. The fraction of sp³-hybridized carbons (Fsp3) is 0.600. The average molecular weight is 281 g/mol. The molecule has 1 N–H and O–H groups in total. The number of rotatable bonds is 5. The summed E-state index contributed by atoms with van der Waals surface area (Å²) in [5.74, 6) is 3.25. The van der Waals surface area contributed by atoms with Gasteiger partial charge in [0, 0.05) is 18.8 Å². The molecule has 4 heteroatoms. The highest BCUT2D eigenvalue weighted by Gasteiger charge is 2.14. The number of ether oxygens (including phenoxy) is 1. The lowest BCUT2D eigenvalue weighted by Crippen LogP contribution is -2.36. The monoisotopic (exact) mass is 281 g/mol. The Morgan fingerprint density at radius 2 is 2.26 bits per heavy atom. The molecule has 0 saturated carbocycles. The Hall–Kier alpha value is -0.710. The predicted octanol–water partition coefficient (Wildman–Crippen LogP) is 2.17. The lowest BCUT2D eigenvalue weighted by Gasteiger charge is -2.23. The van der Waals surface area contributed by atoms with Gasteiger partial charge in [0.05, 0.1) is 0 Å². The molecule has 1 aliphatic heterocycles. The molecule has 2 rings (SSSR count). The minimum absolute atomic E-state index is 0.368. The molecule has 106 valence electrons. The Morgan fingerprint density at radius 3 is 3.11 bits per heavy atom. The van der Waals surface area contributed by atoms with E-state index in [1.165, 1.54) is 23.5 Å². The van der Waals surface area contributed by atoms with E-state index >= 15 is 0 Å². The van der Waals surface area contributed by atoms with Gasteiger partial charge in [-0.3, -0.25) is 4.90 Å². The molecule has 0 radical (unpaired) electrons. The summed E-state index contributed by atoms with van der Waals surface area (Å²) in [5, 5.41) is 10.1. The van der Waals surface area contributed by atoms with Gasteiger partial charge in [-0.25, -0.2) is 0 Å². The number of thioether (sulfide) groups is 1. The molecule has 1 fully saturated rings. The molecule has 1 aromatic rings. The first-order chi connectivity index (χ1) is 9.24. The first-order valence-corrected chi connectivity index (χ1v) is 8.07. The first kappa shape index (κ1) is 14.7. The summed E-state index contributed by atoms with van der Waals surface area (Å²) >= 11 is 2.00. The quantitative estimate of drug-likeness (QED) is 0.896. The van der Waals surface area contributed by atoms with E-state index in [0.29, 0.717) is 13.2 Å². The molecule has 1 aliphatic rings. The second kappa shape index (κ2) is 7.78. The number of benzene rings is 1. The van der Waals surface area contributed by atoms with Crippen molar-refractivity contribution in [3.63, 3.8) is 0 Å². The number of hydrogen-bond donors (Lipinski definition) is 1. The number of β-amino-alcohol motifs (C(OH)–C–C–N with tert-alkyl or cyclic N) is 1. The Morgan fingerprint density at radius 1 is 1.37 bits per heavy atom. The molecular weight excluding hydrogens is 258 g/mol. The van der Waals surface area contributed by atoms with E-state index in [4.69, 9.17) is 4.74 Å². The van der Waals surface area contributed by atoms with Gasteiger partial charge in [-0.05, 0) is 43.3 Å². The molecule has 1 unspecified atom stereocenters. The second-order valence-electron chi connectivity index (χ2n) is 5.05. The zero-order valence-corrected chi connectivity index (χ0v) is 12.4. The lowest BCUT2D eigenvalue weighted by molar-refractivity contribution is 0.0708. The molecular formula is C15H23NO2S. The van der Waals surface area contributed by atoms with Crippen molar-refractivity contribution in [3.8, 4) is 5.75 Å². The van der Waals surface area contributed by atoms with Crippen LogP contribution in [0.4, 0.5) is 0 Å². The molecule has 0 aromatic heterocycles. The molecule has 1 aromatic carbocycles. The standard InChI is InChI=1S/C15H23NO2S/c1-13-4-2-5-15(10-13)18-12-14(17)11-16-6-3-8-19-9-7-16/h2,4-5,10,14,17H,3,6-9,11-12H2,1H3. The van der Waals surface area contributed by atoms with E-state index in [-0.39, 0.29) is 0 Å². The lowest BCUT2D eigenvalue weighted by atomic mass is 10.2. The highest BCUT2D eigenvalue weighted by Crippen LogP contribution is 2.13. The van der Waals surface area contributed by atoms with Crippen LogP contribution in [0.2, 0.25) is 0 Å². The van der Waals surface area contributed by atoms with E-state index in [1.807, 2.05) is 43.0 Å². The highest BCUT2D eigenvalue weighted by atomic mass is 32.2. The van der Waals surface area contributed by atoms with Crippen LogP contribution in [0.15, 0.2) is 24.3 Å². The maximum atomic E-state index is 10.1. The first-order valence-electron chi connectivity index (χ1n) is 6.91. The normalized spacial score (nSPS) is 18.8. The SMILES string of the molecule is Cc1cccc(OCC(O)CN2CCCSCC2)c1. The summed E-state index contributed by atoms with van der Waals surface area (Å²) in [6, 6.07) is 7.94. The smallest absolute Gasteiger partial charge is 0.119 e. The van der Waals surface area contributed by atoms with Crippen LogP contribution in [0.5, 0.6) is 5.75 Å². The van der Waals surface area contributed by atoms with Gasteiger partial charge < -0.3 is 9.84 Å². The number of aliphatic hydroxyl groups excluding tert-OH is 1. The zero-order valence-electron chi connectivity index (χ0n) is 11.5. The number of aryl methyl sites for hydroxylation is 1. The van der Waals surface area contributed by atoms with Gasteiger partial charge >= 0.3 is 0 Å². The Kier molecular flexibility index (Phi) is 6.01. The number of aliphatic hydroxyl groups is 1. The number of nitrogens with zero attached hydrogens (tertiary/aromatic N) is 1. The summed E-state index contributed by atoms with van der Waals surface area (Å²) in [6.07, 6.45) is 0.805. The molecule has 1 heterocycles. The predicted molar refractivity (Wildman–Crippen MR) is 81.1 cm³/mol. The van der Waals surface area contributed by atoms with Crippen molar-refractivity contribution in [2.24, 2.45) is 0 Å². The molecule has 19 heavy (non-hydrogen) atoms. The molecule has 0 aliphatic carbocycles. The summed E-state index contributed by atoms with van der Waals surface area (Å²) < 4.78 is 5.64. The molecule has 0 spiro atoms. The van der Waals surface area contributed by atoms with E-state index in [9.17, 15) is 5.11 Å². The summed E-state index contributed by atoms with van der Waals surface area (Å²) in [6.45, 7) is 5.29. The fourth-order valence-corrected chi connectivity index (χ4v) is 3.15. The fourth-order valence-electron chi connectivity index (χ4n) is 2.23.